The largest absolute Gasteiger partial charge is 0.382 e. The van der Waals surface area contributed by atoms with Gasteiger partial charge in [0.05, 0.1) is 0 Å². The molecule has 1 aliphatic rings. The smallest absolute Gasteiger partial charge is 0.157 e. The molecule has 1 atom stereocenters. The van der Waals surface area contributed by atoms with Crippen molar-refractivity contribution in [2.75, 3.05) is 37.8 Å². The molecular weight excluding hydrogens is 234 g/mol. The Morgan fingerprint density at radius 1 is 1.71 bits per heavy atom. The molecule has 2 rings (SSSR count). The highest BCUT2D eigenvalue weighted by Gasteiger charge is 2.24. The number of hydrogen-bond acceptors (Lipinski definition) is 6. The molecule has 1 aliphatic heterocycles. The van der Waals surface area contributed by atoms with Crippen molar-refractivity contribution in [3.63, 3.8) is 0 Å². The molecule has 0 radical (unpaired) electrons. The van der Waals surface area contributed by atoms with Gasteiger partial charge in [-0.3, -0.25) is 0 Å². The lowest BCUT2D eigenvalue weighted by Gasteiger charge is -2.26. The quantitative estimate of drug-likeness (QED) is 0.872. The maximum Gasteiger partial charge on any atom is 0.157 e. The molecule has 1 aromatic heterocycles. The molecule has 0 aromatic carbocycles. The second kappa shape index (κ2) is 4.90. The molecule has 0 bridgehead atoms. The van der Waals surface area contributed by atoms with Gasteiger partial charge >= 0.3 is 0 Å². The van der Waals surface area contributed by atoms with E-state index in [4.69, 9.17) is 11.0 Å². The Balaban J connectivity index is 2.09. The molecule has 0 amide bonds. The SMILES string of the molecule is CN(CC1CCCN1C)c1snc(N)c1C#N. The summed E-state index contributed by atoms with van der Waals surface area (Å²) in [4.78, 5) is 4.46. The molecule has 2 N–H and O–H groups in total. The second-order valence-electron chi connectivity index (χ2n) is 4.52. The van der Waals surface area contributed by atoms with Crippen LogP contribution >= 0.6 is 11.5 Å². The van der Waals surface area contributed by atoms with Gasteiger partial charge in [0, 0.05) is 19.6 Å². The first-order valence-corrected chi connectivity index (χ1v) is 6.47. The third kappa shape index (κ3) is 2.35. The van der Waals surface area contributed by atoms with Crippen LogP contribution < -0.4 is 10.6 Å². The Morgan fingerprint density at radius 2 is 2.47 bits per heavy atom. The van der Waals surface area contributed by atoms with Crippen LogP contribution in [0.1, 0.15) is 18.4 Å². The number of likely N-dealkylation sites (N-methyl/N-ethyl adjacent to an activating group) is 2. The van der Waals surface area contributed by atoms with Crippen LogP contribution in [0.2, 0.25) is 0 Å². The third-order valence-corrected chi connectivity index (χ3v) is 4.29. The van der Waals surface area contributed by atoms with Crippen molar-refractivity contribution in [2.24, 2.45) is 0 Å². The van der Waals surface area contributed by atoms with E-state index in [-0.39, 0.29) is 0 Å². The van der Waals surface area contributed by atoms with Crippen LogP contribution in [0.3, 0.4) is 0 Å². The van der Waals surface area contributed by atoms with Crippen molar-refractivity contribution in [1.29, 1.82) is 5.26 Å². The van der Waals surface area contributed by atoms with Gasteiger partial charge in [-0.25, -0.2) is 0 Å². The highest BCUT2D eigenvalue weighted by Crippen LogP contribution is 2.29. The lowest BCUT2D eigenvalue weighted by molar-refractivity contribution is 0.314. The first-order valence-electron chi connectivity index (χ1n) is 5.70. The molecule has 1 saturated heterocycles. The predicted octanol–water partition coefficient (Wildman–Crippen LogP) is 1.13. The maximum atomic E-state index is 9.05. The Morgan fingerprint density at radius 3 is 3.06 bits per heavy atom. The van der Waals surface area contributed by atoms with Crippen molar-refractivity contribution in [1.82, 2.24) is 9.27 Å². The van der Waals surface area contributed by atoms with Crippen molar-refractivity contribution >= 4 is 22.4 Å². The molecule has 1 unspecified atom stereocenters. The monoisotopic (exact) mass is 251 g/mol. The number of hydrogen-bond donors (Lipinski definition) is 1. The summed E-state index contributed by atoms with van der Waals surface area (Å²) in [5, 5.41) is 9.93. The number of nitriles is 1. The fourth-order valence-corrected chi connectivity index (χ4v) is 3.00. The Bertz CT molecular complexity index is 436. The summed E-state index contributed by atoms with van der Waals surface area (Å²) in [6.07, 6.45) is 2.47. The normalized spacial score (nSPS) is 20.4. The van der Waals surface area contributed by atoms with Gasteiger partial charge in [-0.15, -0.1) is 0 Å². The molecule has 0 saturated carbocycles. The summed E-state index contributed by atoms with van der Waals surface area (Å²) in [6, 6.07) is 2.69. The predicted molar refractivity (Wildman–Crippen MR) is 70.2 cm³/mol. The number of nitrogen functional groups attached to an aromatic ring is 1. The van der Waals surface area contributed by atoms with Gasteiger partial charge in [0.25, 0.3) is 0 Å². The molecular formula is C11H17N5S. The van der Waals surface area contributed by atoms with Gasteiger partial charge in [-0.2, -0.15) is 9.64 Å². The first kappa shape index (κ1) is 12.1. The molecule has 2 heterocycles. The molecule has 5 nitrogen and oxygen atoms in total. The highest BCUT2D eigenvalue weighted by atomic mass is 32.1. The summed E-state index contributed by atoms with van der Waals surface area (Å²) in [7, 11) is 4.15. The molecule has 1 aromatic rings. The van der Waals surface area contributed by atoms with Gasteiger partial charge in [0.15, 0.2) is 5.82 Å². The van der Waals surface area contributed by atoms with Crippen LogP contribution in [0.15, 0.2) is 0 Å². The van der Waals surface area contributed by atoms with E-state index in [1.54, 1.807) is 0 Å². The standard InChI is InChI=1S/C11H17N5S/c1-15-5-3-4-8(15)7-16(2)11-9(6-12)10(13)14-17-11/h8H,3-5,7H2,1-2H3,(H2,13,14). The Labute approximate surface area is 106 Å². The van der Waals surface area contributed by atoms with Crippen molar-refractivity contribution in [2.45, 2.75) is 18.9 Å². The minimum Gasteiger partial charge on any atom is -0.382 e. The average Bonchev–Trinajstić information content (AvgIpc) is 2.86. The number of nitrogens with two attached hydrogens (primary N) is 1. The summed E-state index contributed by atoms with van der Waals surface area (Å²) in [5.41, 5.74) is 6.18. The molecule has 6 heteroatoms. The zero-order chi connectivity index (χ0) is 12.4. The van der Waals surface area contributed by atoms with E-state index in [2.05, 4.69) is 27.3 Å². The molecule has 0 spiro atoms. The molecule has 92 valence electrons. The number of rotatable bonds is 3. The van der Waals surface area contributed by atoms with Gasteiger partial charge < -0.3 is 15.5 Å². The highest BCUT2D eigenvalue weighted by molar-refractivity contribution is 7.10. The molecule has 0 aliphatic carbocycles. The molecule has 17 heavy (non-hydrogen) atoms. The summed E-state index contributed by atoms with van der Waals surface area (Å²) in [5.74, 6) is 0.346. The van der Waals surface area contributed by atoms with Crippen molar-refractivity contribution < 1.29 is 0 Å². The first-order chi connectivity index (χ1) is 8.13. The van der Waals surface area contributed by atoms with Crippen molar-refractivity contribution in [3.8, 4) is 6.07 Å². The minimum atomic E-state index is 0.346. The number of likely N-dealkylation sites (tertiary alicyclic amines) is 1. The Kier molecular flexibility index (Phi) is 3.50. The molecule has 1 fully saturated rings. The van der Waals surface area contributed by atoms with E-state index in [9.17, 15) is 0 Å². The van der Waals surface area contributed by atoms with Crippen LogP contribution in [-0.4, -0.2) is 42.5 Å². The second-order valence-corrected chi connectivity index (χ2v) is 5.27. The fourth-order valence-electron chi connectivity index (χ4n) is 2.27. The van der Waals surface area contributed by atoms with E-state index >= 15 is 0 Å². The van der Waals surface area contributed by atoms with E-state index in [0.29, 0.717) is 17.4 Å². The fraction of sp³-hybridized carbons (Fsp3) is 0.636. The zero-order valence-corrected chi connectivity index (χ0v) is 11.0. The summed E-state index contributed by atoms with van der Waals surface area (Å²) in [6.45, 7) is 2.08. The van der Waals surface area contributed by atoms with E-state index in [1.807, 2.05) is 7.05 Å². The lowest BCUT2D eigenvalue weighted by atomic mass is 10.2. The van der Waals surface area contributed by atoms with Crippen LogP contribution in [0.4, 0.5) is 10.8 Å². The van der Waals surface area contributed by atoms with E-state index in [0.717, 1.165) is 18.1 Å². The minimum absolute atomic E-state index is 0.346. The number of aromatic nitrogens is 1. The topological polar surface area (TPSA) is 69.2 Å². The van der Waals surface area contributed by atoms with Crippen LogP contribution in [0, 0.1) is 11.3 Å². The van der Waals surface area contributed by atoms with E-state index in [1.165, 1.54) is 24.4 Å². The van der Waals surface area contributed by atoms with Crippen molar-refractivity contribution in [3.05, 3.63) is 5.56 Å². The number of anilines is 2. The van der Waals surface area contributed by atoms with Gasteiger partial charge in [0.1, 0.15) is 16.6 Å². The van der Waals surface area contributed by atoms with Gasteiger partial charge in [-0.05, 0) is 38.0 Å². The zero-order valence-electron chi connectivity index (χ0n) is 10.2. The van der Waals surface area contributed by atoms with Crippen LogP contribution in [0.25, 0.3) is 0 Å². The summed E-state index contributed by atoms with van der Waals surface area (Å²) >= 11 is 1.30. The number of nitrogens with zero attached hydrogens (tertiary/aromatic N) is 4. The van der Waals surface area contributed by atoms with Gasteiger partial charge in [-0.1, -0.05) is 0 Å². The van der Waals surface area contributed by atoms with Crippen LogP contribution in [-0.2, 0) is 0 Å². The summed E-state index contributed by atoms with van der Waals surface area (Å²) < 4.78 is 4.04. The average molecular weight is 251 g/mol. The Hall–Kier alpha value is -1.32. The van der Waals surface area contributed by atoms with Gasteiger partial charge in [0.2, 0.25) is 0 Å². The third-order valence-electron chi connectivity index (χ3n) is 3.32. The lowest BCUT2D eigenvalue weighted by Crippen LogP contribution is -2.36. The maximum absolute atomic E-state index is 9.05. The van der Waals surface area contributed by atoms with E-state index < -0.39 is 0 Å². The van der Waals surface area contributed by atoms with Crippen LogP contribution in [0.5, 0.6) is 0 Å².